The van der Waals surface area contributed by atoms with Crippen LogP contribution in [0.4, 0.5) is 8.78 Å². The van der Waals surface area contributed by atoms with Gasteiger partial charge in [0.25, 0.3) is 5.91 Å². The van der Waals surface area contributed by atoms with Gasteiger partial charge in [0, 0.05) is 41.0 Å². The lowest BCUT2D eigenvalue weighted by atomic mass is 10.0. The van der Waals surface area contributed by atoms with Crippen molar-refractivity contribution in [2.24, 2.45) is 0 Å². The van der Waals surface area contributed by atoms with Crippen molar-refractivity contribution in [3.05, 3.63) is 153 Å². The van der Waals surface area contributed by atoms with E-state index in [9.17, 15) is 18.4 Å². The van der Waals surface area contributed by atoms with E-state index in [-0.39, 0.29) is 18.1 Å². The van der Waals surface area contributed by atoms with Gasteiger partial charge in [-0.2, -0.15) is 0 Å². The van der Waals surface area contributed by atoms with E-state index in [2.05, 4.69) is 15.0 Å². The molecule has 11 heteroatoms. The molecule has 0 aliphatic carbocycles. The monoisotopic (exact) mass is 641 g/mol. The smallest absolute Gasteiger partial charge is 0.332 e. The molecule has 0 spiro atoms. The molecule has 0 N–H and O–H groups in total. The molecule has 3 aromatic carbocycles. The van der Waals surface area contributed by atoms with Gasteiger partial charge in [-0.3, -0.25) is 13.9 Å². The van der Waals surface area contributed by atoms with Crippen molar-refractivity contribution >= 4 is 28.1 Å². The molecule has 238 valence electrons. The number of aryl methyl sites for hydroxylation is 1. The van der Waals surface area contributed by atoms with Crippen LogP contribution < -0.4 is 5.69 Å². The molecule has 0 radical (unpaired) electrons. The highest BCUT2D eigenvalue weighted by Gasteiger charge is 2.28. The molecule has 1 amide bonds. The summed E-state index contributed by atoms with van der Waals surface area (Å²) in [5.74, 6) is -1.43. The van der Waals surface area contributed by atoms with E-state index in [0.29, 0.717) is 65.4 Å². The van der Waals surface area contributed by atoms with Crippen molar-refractivity contribution in [3.8, 4) is 5.69 Å². The zero-order valence-electron chi connectivity index (χ0n) is 26.0. The van der Waals surface area contributed by atoms with Crippen LogP contribution in [0.1, 0.15) is 38.4 Å². The highest BCUT2D eigenvalue weighted by atomic mass is 19.1. The van der Waals surface area contributed by atoms with Crippen molar-refractivity contribution < 1.29 is 13.6 Å². The van der Waals surface area contributed by atoms with Crippen molar-refractivity contribution in [2.75, 3.05) is 6.54 Å². The lowest BCUT2D eigenvalue weighted by Gasteiger charge is -2.29. The van der Waals surface area contributed by atoms with Crippen LogP contribution >= 0.6 is 0 Å². The van der Waals surface area contributed by atoms with Crippen LogP contribution in [0, 0.1) is 18.6 Å². The third-order valence-corrected chi connectivity index (χ3v) is 9.09. The van der Waals surface area contributed by atoms with Gasteiger partial charge in [0.15, 0.2) is 5.65 Å². The normalized spacial score (nSPS) is 12.9. The summed E-state index contributed by atoms with van der Waals surface area (Å²) >= 11 is 0. The van der Waals surface area contributed by atoms with Gasteiger partial charge in [-0.1, -0.05) is 36.4 Å². The molecule has 48 heavy (non-hydrogen) atoms. The van der Waals surface area contributed by atoms with E-state index in [1.165, 1.54) is 18.5 Å². The lowest BCUT2D eigenvalue weighted by Crippen LogP contribution is -2.36. The topological polar surface area (TPSA) is 90.8 Å². The Morgan fingerprint density at radius 1 is 0.854 bits per heavy atom. The van der Waals surface area contributed by atoms with Gasteiger partial charge in [0.2, 0.25) is 0 Å². The van der Waals surface area contributed by atoms with E-state index in [1.807, 2.05) is 54.0 Å². The summed E-state index contributed by atoms with van der Waals surface area (Å²) in [5.41, 5.74) is 6.58. The first-order valence-corrected chi connectivity index (χ1v) is 15.6. The Morgan fingerprint density at radius 3 is 2.46 bits per heavy atom. The molecule has 4 aromatic heterocycles. The standard InChI is InChI=1S/C37H29F2N7O2/c1-23-33-35(42-22-41-23)45(19-24-6-3-2-4-7-24)37(48)46(33)28-13-10-25(11-14-28)36(47)43-17-15-29-30-8-5-16-40-34(30)44(32(29)21-43)20-26-9-12-27(38)18-31(26)39/h2-14,16,18,22H,15,17,19-21H2,1H3. The maximum Gasteiger partial charge on any atom is 0.335 e. The molecule has 0 bridgehead atoms. The van der Waals surface area contributed by atoms with E-state index >= 15 is 0 Å². The van der Waals surface area contributed by atoms with Crippen LogP contribution in [0.3, 0.4) is 0 Å². The number of carbonyl (C=O) groups excluding carboxylic acids is 1. The summed E-state index contributed by atoms with van der Waals surface area (Å²) in [4.78, 5) is 42.9. The number of fused-ring (bicyclic) bond motifs is 4. The summed E-state index contributed by atoms with van der Waals surface area (Å²) in [7, 11) is 0. The van der Waals surface area contributed by atoms with Crippen LogP contribution in [-0.2, 0) is 26.1 Å². The summed E-state index contributed by atoms with van der Waals surface area (Å²) in [6, 6.07) is 24.1. The van der Waals surface area contributed by atoms with Gasteiger partial charge in [-0.25, -0.2) is 28.5 Å². The van der Waals surface area contributed by atoms with Crippen molar-refractivity contribution in [2.45, 2.75) is 33.0 Å². The maximum atomic E-state index is 14.7. The summed E-state index contributed by atoms with van der Waals surface area (Å²) < 4.78 is 33.5. The SMILES string of the molecule is Cc1ncnc2c1n(-c1ccc(C(=O)N3CCc4c(n(Cc5ccc(F)cc5F)c5ncccc45)C3)cc1)c(=O)n2Cc1ccccc1. The quantitative estimate of drug-likeness (QED) is 0.229. The third kappa shape index (κ3) is 4.95. The number of amides is 1. The number of benzene rings is 3. The first-order chi connectivity index (χ1) is 23.4. The number of hydrogen-bond acceptors (Lipinski definition) is 5. The Labute approximate surface area is 273 Å². The first-order valence-electron chi connectivity index (χ1n) is 15.6. The highest BCUT2D eigenvalue weighted by Crippen LogP contribution is 2.32. The second kappa shape index (κ2) is 11.7. The van der Waals surface area contributed by atoms with Crippen LogP contribution in [0.5, 0.6) is 0 Å². The van der Waals surface area contributed by atoms with Gasteiger partial charge < -0.3 is 9.47 Å². The average molecular weight is 642 g/mol. The largest absolute Gasteiger partial charge is 0.335 e. The number of imidazole rings is 1. The molecule has 1 aliphatic heterocycles. The fraction of sp³-hybridized carbons (Fsp3) is 0.162. The second-order valence-corrected chi connectivity index (χ2v) is 12.0. The second-order valence-electron chi connectivity index (χ2n) is 12.0. The van der Waals surface area contributed by atoms with Crippen molar-refractivity contribution in [1.29, 1.82) is 0 Å². The molecule has 0 atom stereocenters. The molecule has 0 unspecified atom stereocenters. The molecular formula is C37H29F2N7O2. The predicted octanol–water partition coefficient (Wildman–Crippen LogP) is 5.81. The Kier molecular flexibility index (Phi) is 7.16. The molecule has 9 nitrogen and oxygen atoms in total. The van der Waals surface area contributed by atoms with Gasteiger partial charge in [-0.05, 0) is 66.9 Å². The number of rotatable bonds is 6. The summed E-state index contributed by atoms with van der Waals surface area (Å²) in [5, 5.41) is 0.961. The zero-order valence-corrected chi connectivity index (χ0v) is 26.0. The van der Waals surface area contributed by atoms with Crippen LogP contribution in [-0.4, -0.2) is 46.0 Å². The van der Waals surface area contributed by atoms with Crippen LogP contribution in [0.25, 0.3) is 27.9 Å². The Balaban J connectivity index is 1.11. The minimum Gasteiger partial charge on any atom is -0.332 e. The Bertz CT molecular complexity index is 2410. The minimum absolute atomic E-state index is 0.154. The predicted molar refractivity (Wildman–Crippen MR) is 177 cm³/mol. The van der Waals surface area contributed by atoms with Gasteiger partial charge in [-0.15, -0.1) is 0 Å². The van der Waals surface area contributed by atoms with Crippen LogP contribution in [0.15, 0.2) is 102 Å². The summed E-state index contributed by atoms with van der Waals surface area (Å²) in [6.07, 6.45) is 3.75. The van der Waals surface area contributed by atoms with Crippen molar-refractivity contribution in [1.82, 2.24) is 33.6 Å². The lowest BCUT2D eigenvalue weighted by molar-refractivity contribution is 0.0730. The number of aromatic nitrogens is 6. The summed E-state index contributed by atoms with van der Waals surface area (Å²) in [6.45, 7) is 3.15. The van der Waals surface area contributed by atoms with Gasteiger partial charge >= 0.3 is 5.69 Å². The number of nitrogens with zero attached hydrogens (tertiary/aromatic N) is 7. The zero-order chi connectivity index (χ0) is 32.9. The first kappa shape index (κ1) is 29.4. The Hall–Kier alpha value is -5.97. The number of halogens is 2. The Morgan fingerprint density at radius 2 is 1.67 bits per heavy atom. The van der Waals surface area contributed by atoms with Gasteiger partial charge in [0.05, 0.1) is 31.0 Å². The molecule has 0 saturated carbocycles. The number of pyridine rings is 1. The van der Waals surface area contributed by atoms with E-state index in [1.54, 1.807) is 44.5 Å². The van der Waals surface area contributed by atoms with Crippen LogP contribution in [0.2, 0.25) is 0 Å². The average Bonchev–Trinajstić information content (AvgIpc) is 3.57. The minimum atomic E-state index is -0.636. The van der Waals surface area contributed by atoms with E-state index in [0.717, 1.165) is 28.3 Å². The third-order valence-electron chi connectivity index (χ3n) is 9.09. The number of hydrogen-bond donors (Lipinski definition) is 0. The molecule has 8 rings (SSSR count). The fourth-order valence-corrected chi connectivity index (χ4v) is 6.73. The van der Waals surface area contributed by atoms with Crippen molar-refractivity contribution in [3.63, 3.8) is 0 Å². The molecule has 0 saturated heterocycles. The molecule has 1 aliphatic rings. The number of carbonyl (C=O) groups is 1. The molecular weight excluding hydrogens is 612 g/mol. The molecule has 5 heterocycles. The van der Waals surface area contributed by atoms with E-state index in [4.69, 9.17) is 0 Å². The molecule has 7 aromatic rings. The van der Waals surface area contributed by atoms with E-state index < -0.39 is 11.6 Å². The molecule has 0 fully saturated rings. The maximum absolute atomic E-state index is 14.7. The highest BCUT2D eigenvalue weighted by molar-refractivity contribution is 5.95. The van der Waals surface area contributed by atoms with Gasteiger partial charge in [0.1, 0.15) is 29.1 Å². The fourth-order valence-electron chi connectivity index (χ4n) is 6.73.